The van der Waals surface area contributed by atoms with E-state index in [9.17, 15) is 19.8 Å². The van der Waals surface area contributed by atoms with Crippen LogP contribution in [0.2, 0.25) is 0 Å². The van der Waals surface area contributed by atoms with Crippen molar-refractivity contribution in [2.75, 3.05) is 6.61 Å². The van der Waals surface area contributed by atoms with E-state index in [4.69, 9.17) is 9.47 Å². The molecule has 3 aromatic rings. The van der Waals surface area contributed by atoms with Crippen molar-refractivity contribution in [1.29, 1.82) is 0 Å². The predicted molar refractivity (Wildman–Crippen MR) is 101 cm³/mol. The summed E-state index contributed by atoms with van der Waals surface area (Å²) in [6.45, 7) is -0.389. The number of ether oxygens (including phenoxy) is 2. The maximum absolute atomic E-state index is 12.1. The van der Waals surface area contributed by atoms with E-state index in [-0.39, 0.29) is 25.2 Å². The lowest BCUT2D eigenvalue weighted by molar-refractivity contribution is -0.0460. The third kappa shape index (κ3) is 3.57. The first-order valence-electron chi connectivity index (χ1n) is 8.95. The maximum Gasteiger partial charge on any atom is 0.330 e. The molecule has 28 heavy (non-hydrogen) atoms. The smallest absolute Gasteiger partial charge is 0.330 e. The van der Waals surface area contributed by atoms with Gasteiger partial charge in [0, 0.05) is 12.6 Å². The molecule has 0 radical (unpaired) electrons. The molecule has 0 saturated carbocycles. The molecular weight excluding hydrogens is 364 g/mol. The molecule has 1 aromatic heterocycles. The summed E-state index contributed by atoms with van der Waals surface area (Å²) in [4.78, 5) is 26.5. The van der Waals surface area contributed by atoms with Gasteiger partial charge in [0.1, 0.15) is 24.7 Å². The number of benzene rings is 2. The first-order valence-corrected chi connectivity index (χ1v) is 8.95. The number of aromatic amines is 1. The van der Waals surface area contributed by atoms with Gasteiger partial charge in [0.05, 0.1) is 18.3 Å². The van der Waals surface area contributed by atoms with E-state index < -0.39 is 29.7 Å². The van der Waals surface area contributed by atoms with Crippen LogP contribution >= 0.6 is 0 Å². The minimum atomic E-state index is -0.883. The Bertz CT molecular complexity index is 1110. The lowest BCUT2D eigenvalue weighted by Gasteiger charge is -2.15. The zero-order chi connectivity index (χ0) is 19.7. The van der Waals surface area contributed by atoms with Gasteiger partial charge in [-0.05, 0) is 22.9 Å². The van der Waals surface area contributed by atoms with E-state index in [0.29, 0.717) is 5.75 Å². The van der Waals surface area contributed by atoms with Crippen molar-refractivity contribution in [1.82, 2.24) is 9.55 Å². The number of aliphatic hydroxyl groups excluding tert-OH is 2. The number of fused-ring (bicyclic) bond motifs is 1. The van der Waals surface area contributed by atoms with Crippen molar-refractivity contribution < 1.29 is 19.7 Å². The summed E-state index contributed by atoms with van der Waals surface area (Å²) in [6.07, 6.45) is -0.898. The van der Waals surface area contributed by atoms with Crippen LogP contribution in [-0.2, 0) is 11.3 Å². The van der Waals surface area contributed by atoms with Crippen molar-refractivity contribution in [3.05, 3.63) is 75.1 Å². The fraction of sp³-hybridized carbons (Fsp3) is 0.300. The lowest BCUT2D eigenvalue weighted by atomic mass is 10.1. The third-order valence-corrected chi connectivity index (χ3v) is 4.85. The van der Waals surface area contributed by atoms with Crippen LogP contribution in [0.5, 0.6) is 5.75 Å². The van der Waals surface area contributed by atoms with Crippen molar-refractivity contribution >= 4 is 10.8 Å². The Labute approximate surface area is 159 Å². The predicted octanol–water partition coefficient (Wildman–Crippen LogP) is 0.909. The average Bonchev–Trinajstić information content (AvgIpc) is 3.07. The summed E-state index contributed by atoms with van der Waals surface area (Å²) in [7, 11) is 0. The highest BCUT2D eigenvalue weighted by Crippen LogP contribution is 2.27. The Hall–Kier alpha value is -2.94. The quantitative estimate of drug-likeness (QED) is 0.603. The lowest BCUT2D eigenvalue weighted by Crippen LogP contribution is -2.34. The highest BCUT2D eigenvalue weighted by Gasteiger charge is 2.35. The molecule has 0 bridgehead atoms. The van der Waals surface area contributed by atoms with Crippen LogP contribution in [0, 0.1) is 0 Å². The molecule has 1 aliphatic rings. The van der Waals surface area contributed by atoms with Crippen LogP contribution in [0.1, 0.15) is 18.2 Å². The van der Waals surface area contributed by atoms with Crippen molar-refractivity contribution in [3.63, 3.8) is 0 Å². The van der Waals surface area contributed by atoms with Crippen LogP contribution < -0.4 is 16.0 Å². The van der Waals surface area contributed by atoms with Crippen LogP contribution in [0.15, 0.2) is 58.3 Å². The number of rotatable bonds is 5. The van der Waals surface area contributed by atoms with Crippen molar-refractivity contribution in [2.24, 2.45) is 0 Å². The van der Waals surface area contributed by atoms with Gasteiger partial charge >= 0.3 is 5.69 Å². The number of H-pyrrole nitrogens is 1. The van der Waals surface area contributed by atoms with E-state index >= 15 is 0 Å². The second-order valence-corrected chi connectivity index (χ2v) is 6.73. The Morgan fingerprint density at radius 2 is 1.96 bits per heavy atom. The van der Waals surface area contributed by atoms with E-state index in [1.165, 1.54) is 10.8 Å². The second-order valence-electron chi connectivity index (χ2n) is 6.73. The van der Waals surface area contributed by atoms with E-state index in [0.717, 1.165) is 10.8 Å². The molecule has 0 aliphatic carbocycles. The topological polar surface area (TPSA) is 114 Å². The Balaban J connectivity index is 1.56. The molecule has 146 valence electrons. The van der Waals surface area contributed by atoms with Gasteiger partial charge in [-0.15, -0.1) is 0 Å². The summed E-state index contributed by atoms with van der Waals surface area (Å²) < 4.78 is 12.4. The number of nitrogens with one attached hydrogen (secondary N) is 1. The van der Waals surface area contributed by atoms with E-state index in [2.05, 4.69) is 4.98 Å². The fourth-order valence-electron chi connectivity index (χ4n) is 3.31. The van der Waals surface area contributed by atoms with Gasteiger partial charge in [0.2, 0.25) is 0 Å². The summed E-state index contributed by atoms with van der Waals surface area (Å²) in [5.74, 6) is 0.601. The monoisotopic (exact) mass is 384 g/mol. The molecular formula is C20H20N2O6. The minimum Gasteiger partial charge on any atom is -0.489 e. The normalized spacial score (nSPS) is 21.9. The molecule has 8 heteroatoms. The Kier molecular flexibility index (Phi) is 4.99. The molecule has 8 nitrogen and oxygen atoms in total. The maximum atomic E-state index is 12.1. The van der Waals surface area contributed by atoms with Crippen LogP contribution in [0.25, 0.3) is 10.8 Å². The number of hydrogen-bond donors (Lipinski definition) is 3. The number of nitrogens with zero attached hydrogens (tertiary/aromatic N) is 1. The number of aliphatic hydroxyl groups is 2. The average molecular weight is 384 g/mol. The van der Waals surface area contributed by atoms with Gasteiger partial charge in [0.25, 0.3) is 5.56 Å². The van der Waals surface area contributed by atoms with Gasteiger partial charge < -0.3 is 19.7 Å². The highest BCUT2D eigenvalue weighted by molar-refractivity contribution is 5.83. The summed E-state index contributed by atoms with van der Waals surface area (Å²) in [5, 5.41) is 21.2. The van der Waals surface area contributed by atoms with E-state index in [1.54, 1.807) is 0 Å². The van der Waals surface area contributed by atoms with Crippen LogP contribution in [0.4, 0.5) is 0 Å². The molecule has 2 heterocycles. The van der Waals surface area contributed by atoms with Gasteiger partial charge in [-0.1, -0.05) is 30.3 Å². The fourth-order valence-corrected chi connectivity index (χ4v) is 3.31. The molecule has 3 atom stereocenters. The Morgan fingerprint density at radius 1 is 1.18 bits per heavy atom. The minimum absolute atomic E-state index is 0.0351. The molecule has 4 rings (SSSR count). The van der Waals surface area contributed by atoms with Crippen LogP contribution in [-0.4, -0.2) is 38.6 Å². The SMILES string of the molecule is O=c1[nH]c(=O)n([C@H]2C[C@H](O)[C@@H](CO)O2)cc1COc1ccc2ccccc2c1. The number of aromatic nitrogens is 2. The van der Waals surface area contributed by atoms with E-state index in [1.807, 2.05) is 42.5 Å². The third-order valence-electron chi connectivity index (χ3n) is 4.85. The molecule has 1 saturated heterocycles. The Morgan fingerprint density at radius 3 is 2.71 bits per heavy atom. The molecule has 0 spiro atoms. The first kappa shape index (κ1) is 18.4. The molecule has 1 aliphatic heterocycles. The zero-order valence-electron chi connectivity index (χ0n) is 14.9. The zero-order valence-corrected chi connectivity index (χ0v) is 14.9. The molecule has 2 aromatic carbocycles. The molecule has 3 N–H and O–H groups in total. The van der Waals surface area contributed by atoms with Crippen LogP contribution in [0.3, 0.4) is 0 Å². The van der Waals surface area contributed by atoms with Gasteiger partial charge in [-0.25, -0.2) is 4.79 Å². The first-order chi connectivity index (χ1) is 13.5. The largest absolute Gasteiger partial charge is 0.489 e. The standard InChI is InChI=1S/C20H20N2O6/c23-10-17-16(24)8-18(28-17)22-9-14(19(25)21-20(22)26)11-27-15-6-5-12-3-1-2-4-13(12)7-15/h1-7,9,16-18,23-24H,8,10-11H2,(H,21,25,26)/t16-,17+,18+/m0/s1. The highest BCUT2D eigenvalue weighted by atomic mass is 16.5. The van der Waals surface area contributed by atoms with Gasteiger partial charge in [0.15, 0.2) is 0 Å². The van der Waals surface area contributed by atoms with Crippen molar-refractivity contribution in [2.45, 2.75) is 31.5 Å². The molecule has 1 fully saturated rings. The second kappa shape index (κ2) is 7.59. The molecule has 0 unspecified atom stereocenters. The summed E-state index contributed by atoms with van der Waals surface area (Å²) in [6, 6.07) is 13.5. The molecule has 0 amide bonds. The van der Waals surface area contributed by atoms with Gasteiger partial charge in [-0.3, -0.25) is 14.3 Å². The van der Waals surface area contributed by atoms with Gasteiger partial charge in [-0.2, -0.15) is 0 Å². The number of hydrogen-bond acceptors (Lipinski definition) is 6. The van der Waals surface area contributed by atoms with Crippen molar-refractivity contribution in [3.8, 4) is 5.75 Å². The summed E-state index contributed by atoms with van der Waals surface area (Å²) >= 11 is 0. The summed E-state index contributed by atoms with van der Waals surface area (Å²) in [5.41, 5.74) is -0.937.